The Bertz CT molecular complexity index is 4160. The number of aromatic nitrogens is 8. The Labute approximate surface area is 491 Å². The van der Waals surface area contributed by atoms with Gasteiger partial charge in [0.25, 0.3) is 11.4 Å². The molecular weight excluding hydrogens is 1170 g/mol. The smallest absolute Gasteiger partial charge is 0.275 e. The van der Waals surface area contributed by atoms with Crippen LogP contribution in [0.2, 0.25) is 5.15 Å². The molecule has 0 aliphatic carbocycles. The molecule has 0 unspecified atom stereocenters. The summed E-state index contributed by atoms with van der Waals surface area (Å²) < 4.78 is 24.1. The van der Waals surface area contributed by atoms with E-state index in [-0.39, 0.29) is 12.8 Å². The second-order valence-corrected chi connectivity index (χ2v) is 20.3. The summed E-state index contributed by atoms with van der Waals surface area (Å²) in [5.74, 6) is 4.18. The van der Waals surface area contributed by atoms with Crippen molar-refractivity contribution in [2.45, 2.75) is 0 Å². The zero-order valence-electron chi connectivity index (χ0n) is 43.6. The van der Waals surface area contributed by atoms with E-state index in [1.54, 1.807) is 84.9 Å². The molecule has 0 fully saturated rings. The van der Waals surface area contributed by atoms with Crippen molar-refractivity contribution in [1.82, 2.24) is 39.9 Å². The number of nitrogens with zero attached hydrogens (tertiary/aromatic N) is 13. The third-order valence-corrected chi connectivity index (χ3v) is 14.9. The number of ether oxygens (including phenoxy) is 4. The molecule has 8 aromatic heterocycles. The van der Waals surface area contributed by atoms with Crippen molar-refractivity contribution in [2.75, 3.05) is 55.9 Å². The van der Waals surface area contributed by atoms with Crippen LogP contribution in [0.1, 0.15) is 1.43 Å². The number of hydrogen-bond acceptors (Lipinski definition) is 26. The molecule has 0 aliphatic rings. The van der Waals surface area contributed by atoms with Crippen LogP contribution < -0.4 is 46.4 Å². The summed E-state index contributed by atoms with van der Waals surface area (Å²) >= 11 is 12.0. The minimum atomic E-state index is -0.515. The van der Waals surface area contributed by atoms with Gasteiger partial charge in [-0.25, -0.2) is 39.9 Å². The van der Waals surface area contributed by atoms with Crippen LogP contribution in [0.3, 0.4) is 0 Å². The molecule has 31 heteroatoms. The number of nitrogens with two attached hydrogens (primary N) is 2. The van der Waals surface area contributed by atoms with Crippen LogP contribution in [0.4, 0.5) is 63.0 Å². The minimum absolute atomic E-state index is 0. The van der Waals surface area contributed by atoms with Crippen LogP contribution in [-0.2, 0) is 0 Å². The Kier molecular flexibility index (Phi) is 20.0. The lowest BCUT2D eigenvalue weighted by molar-refractivity contribution is -0.385. The Morgan fingerprint density at radius 3 is 1.30 bits per heavy atom. The van der Waals surface area contributed by atoms with Gasteiger partial charge in [-0.15, -0.1) is 45.3 Å². The number of nitro benzene ring substituents is 2. The Morgan fingerprint density at radius 1 is 0.506 bits per heavy atom. The van der Waals surface area contributed by atoms with E-state index in [1.807, 2.05) is 57.9 Å². The second kappa shape index (κ2) is 28.2. The third kappa shape index (κ3) is 15.7. The maximum atomic E-state index is 10.9. The molecule has 0 aliphatic heterocycles. The van der Waals surface area contributed by atoms with E-state index in [0.29, 0.717) is 62.5 Å². The van der Waals surface area contributed by atoms with E-state index in [1.165, 1.54) is 74.9 Å². The number of benzene rings is 4. The van der Waals surface area contributed by atoms with E-state index in [2.05, 4.69) is 65.8 Å². The number of anilines is 8. The quantitative estimate of drug-likeness (QED) is 0.0136. The van der Waals surface area contributed by atoms with Gasteiger partial charge in [-0.2, -0.15) is 0 Å². The van der Waals surface area contributed by atoms with Gasteiger partial charge in [0.1, 0.15) is 53.5 Å². The fraction of sp³-hybridized carbons (Fsp3) is 0.0769. The van der Waals surface area contributed by atoms with Gasteiger partial charge in [0, 0.05) is 77.2 Å². The van der Waals surface area contributed by atoms with Gasteiger partial charge in [-0.3, -0.25) is 20.2 Å². The van der Waals surface area contributed by atoms with Crippen molar-refractivity contribution in [3.05, 3.63) is 180 Å². The lowest BCUT2D eigenvalue weighted by Gasteiger charge is -2.09. The number of azide groups is 1. The van der Waals surface area contributed by atoms with Crippen molar-refractivity contribution in [2.24, 2.45) is 5.11 Å². The molecule has 7 N–H and O–H groups in total. The van der Waals surface area contributed by atoms with Gasteiger partial charge in [0.15, 0.2) is 17.5 Å². The van der Waals surface area contributed by atoms with Gasteiger partial charge in [-0.1, -0.05) is 16.7 Å². The first-order valence-electron chi connectivity index (χ1n) is 23.5. The number of halogens is 1. The summed E-state index contributed by atoms with van der Waals surface area (Å²) in [4.78, 5) is 56.2. The van der Waals surface area contributed by atoms with Crippen LogP contribution in [-0.4, -0.2) is 78.2 Å². The summed E-state index contributed by atoms with van der Waals surface area (Å²) in [5, 5.41) is 42.7. The lowest BCUT2D eigenvalue weighted by Crippen LogP contribution is -1.97. The first kappa shape index (κ1) is 58.8. The van der Waals surface area contributed by atoms with Crippen molar-refractivity contribution in [3.8, 4) is 23.0 Å². The number of methoxy groups -OCH3 is 4. The van der Waals surface area contributed by atoms with Crippen LogP contribution in [0.15, 0.2) is 149 Å². The van der Waals surface area contributed by atoms with E-state index < -0.39 is 9.85 Å². The molecule has 83 heavy (non-hydrogen) atoms. The molecule has 0 radical (unpaired) electrons. The highest BCUT2D eigenvalue weighted by atomic mass is 35.5. The highest BCUT2D eigenvalue weighted by Gasteiger charge is 2.14. The molecule has 12 aromatic rings. The van der Waals surface area contributed by atoms with Gasteiger partial charge in [0.2, 0.25) is 0 Å². The van der Waals surface area contributed by atoms with Gasteiger partial charge >= 0.3 is 0 Å². The Morgan fingerprint density at radius 2 is 0.867 bits per heavy atom. The maximum absolute atomic E-state index is 10.9. The maximum Gasteiger partial charge on any atom is 0.275 e. The minimum Gasteiger partial charge on any atom is -0.497 e. The molecule has 26 nitrogen and oxygen atoms in total. The highest BCUT2D eigenvalue weighted by Crippen LogP contribution is 2.35. The fourth-order valence-electron chi connectivity index (χ4n) is 7.21. The van der Waals surface area contributed by atoms with Crippen LogP contribution in [0, 0.1) is 20.2 Å². The van der Waals surface area contributed by atoms with E-state index in [0.717, 1.165) is 58.1 Å². The predicted octanol–water partition coefficient (Wildman–Crippen LogP) is 14.5. The molecule has 0 spiro atoms. The number of nitrogen functional groups attached to an aromatic ring is 2. The predicted molar refractivity (Wildman–Crippen MR) is 330 cm³/mol. The largest absolute Gasteiger partial charge is 0.497 e. The third-order valence-electron chi connectivity index (χ3n) is 10.9. The summed E-state index contributed by atoms with van der Waals surface area (Å²) in [7, 11) is 6.06. The van der Waals surface area contributed by atoms with Gasteiger partial charge in [0.05, 0.1) is 97.0 Å². The first-order chi connectivity index (χ1) is 40.2. The molecule has 422 valence electrons. The molecule has 0 bridgehead atoms. The summed E-state index contributed by atoms with van der Waals surface area (Å²) in [6.45, 7) is 0. The fourth-order valence-corrected chi connectivity index (χ4v) is 10.6. The SMILES string of the molecule is COc1cc(N)cc(Nc2ncnc3ccsc23)c1.COc1cc(N)cc([N+](=O)[O-])c1.COc1cc(N=[N+]=[N-])cc(Nc2ncnc3ccsc23)c1.COc1cc(Nc2ncnc3ccsc23)cc([N+](=O)[O-])c1.Clc1ncnc2ccsc12.[HH]. The zero-order chi connectivity index (χ0) is 58.8. The molecule has 0 atom stereocenters. The number of hydrogen-bond donors (Lipinski definition) is 5. The normalized spacial score (nSPS) is 10.3. The Hall–Kier alpha value is -10.4. The summed E-state index contributed by atoms with van der Waals surface area (Å²) in [6.07, 6.45) is 5.97. The van der Waals surface area contributed by atoms with Crippen LogP contribution in [0.25, 0.3) is 51.3 Å². The average molecular weight is 1210 g/mol. The topological polar surface area (TPSA) is 363 Å². The number of nitrogens with one attached hydrogen (secondary N) is 3. The molecule has 0 saturated heterocycles. The average Bonchev–Trinajstić information content (AvgIpc) is 4.48. The van der Waals surface area contributed by atoms with Gasteiger partial charge < -0.3 is 46.4 Å². The van der Waals surface area contributed by atoms with Crippen LogP contribution in [0.5, 0.6) is 23.0 Å². The van der Waals surface area contributed by atoms with E-state index >= 15 is 0 Å². The highest BCUT2D eigenvalue weighted by molar-refractivity contribution is 7.18. The molecular formula is C52H45ClN18O8S4. The lowest BCUT2D eigenvalue weighted by atomic mass is 10.2. The first-order valence-corrected chi connectivity index (χ1v) is 27.4. The van der Waals surface area contributed by atoms with Crippen molar-refractivity contribution >= 4 is 161 Å². The van der Waals surface area contributed by atoms with Crippen LogP contribution >= 0.6 is 56.9 Å². The molecule has 4 aromatic carbocycles. The molecule has 8 heterocycles. The number of fused-ring (bicyclic) bond motifs is 4. The van der Waals surface area contributed by atoms with Crippen molar-refractivity contribution in [3.63, 3.8) is 0 Å². The number of nitro groups is 2. The zero-order valence-corrected chi connectivity index (χ0v) is 47.6. The molecule has 0 saturated carbocycles. The number of non-ortho nitro benzene ring substituents is 2. The Balaban J connectivity index is 0.000000154. The summed E-state index contributed by atoms with van der Waals surface area (Å²) in [5.41, 5.74) is 26.8. The standard InChI is InChI=1S/C13H10N6OS.C13H10N4O3S.C13H12N4OS.C7H8N2O3.C6H3ClN2S.H2/c1-20-10-5-8(4-9(6-10)18-19-14)17-13-12-11(2-3-21-12)15-7-16-13;1-20-10-5-8(4-9(6-10)17(18)19)16-13-12-11(2-3-21-12)14-7-15-13;1-18-10-5-8(14)4-9(6-10)17-13-12-11(2-3-19-12)15-7-16-13;1-12-7-3-5(8)2-6(4-7)9(10)11;7-6-5-4(1-2-10-5)8-3-9-6;/h2-7H,1H3,(H,15,16,17);2-7H,1H3,(H,14,15,16);2-7H,14H2,1H3,(H,15,16,17);2-4H,8H2,1H3;1-3H;1H. The summed E-state index contributed by atoms with van der Waals surface area (Å²) in [6, 6.07) is 27.0. The van der Waals surface area contributed by atoms with E-state index in [4.69, 9.17) is 47.5 Å². The second-order valence-electron chi connectivity index (χ2n) is 16.2. The number of thiophene rings is 4. The van der Waals surface area contributed by atoms with Crippen molar-refractivity contribution in [1.29, 1.82) is 0 Å². The number of rotatable bonds is 13. The molecule has 12 rings (SSSR count). The van der Waals surface area contributed by atoms with Crippen molar-refractivity contribution < 1.29 is 30.2 Å². The van der Waals surface area contributed by atoms with Gasteiger partial charge in [-0.05, 0) is 69.5 Å². The molecule has 0 amide bonds. The van der Waals surface area contributed by atoms with E-state index in [9.17, 15) is 20.2 Å². The monoisotopic (exact) mass is 1210 g/mol.